The molecular formula is C13H20N2O2S. The Morgan fingerprint density at radius 1 is 1.56 bits per heavy atom. The van der Waals surface area contributed by atoms with E-state index in [-0.39, 0.29) is 12.4 Å². The average molecular weight is 268 g/mol. The van der Waals surface area contributed by atoms with Gasteiger partial charge in [-0.15, -0.1) is 11.3 Å². The third kappa shape index (κ3) is 4.48. The molecule has 100 valence electrons. The van der Waals surface area contributed by atoms with Crippen LogP contribution in [-0.4, -0.2) is 36.6 Å². The molecule has 1 atom stereocenters. The molecule has 4 nitrogen and oxygen atoms in total. The van der Waals surface area contributed by atoms with E-state index in [4.69, 9.17) is 4.74 Å². The number of piperidine rings is 1. The maximum Gasteiger partial charge on any atom is 0.216 e. The van der Waals surface area contributed by atoms with Crippen molar-refractivity contribution in [2.24, 2.45) is 0 Å². The number of ether oxygens (including phenoxy) is 1. The Hall–Kier alpha value is -0.780. The van der Waals surface area contributed by atoms with Crippen LogP contribution in [0.25, 0.3) is 0 Å². The zero-order chi connectivity index (χ0) is 12.6. The van der Waals surface area contributed by atoms with Gasteiger partial charge in [0, 0.05) is 24.2 Å². The molecule has 0 aliphatic carbocycles. The van der Waals surface area contributed by atoms with Gasteiger partial charge in [0.2, 0.25) is 5.78 Å². The summed E-state index contributed by atoms with van der Waals surface area (Å²) in [6.45, 7) is 1.97. The number of rotatable bonds is 7. The van der Waals surface area contributed by atoms with Crippen molar-refractivity contribution in [2.75, 3.05) is 19.8 Å². The van der Waals surface area contributed by atoms with Crippen LogP contribution in [0.1, 0.15) is 41.9 Å². The van der Waals surface area contributed by atoms with E-state index in [0.29, 0.717) is 17.7 Å². The molecule has 2 rings (SSSR count). The molecule has 1 aliphatic heterocycles. The highest BCUT2D eigenvalue weighted by Crippen LogP contribution is 2.11. The van der Waals surface area contributed by atoms with E-state index in [1.807, 2.05) is 5.38 Å². The number of aromatic nitrogens is 1. The minimum absolute atomic E-state index is 0.0132. The van der Waals surface area contributed by atoms with Gasteiger partial charge in [-0.05, 0) is 32.2 Å². The van der Waals surface area contributed by atoms with E-state index < -0.39 is 0 Å². The van der Waals surface area contributed by atoms with E-state index >= 15 is 0 Å². The molecule has 1 aromatic heterocycles. The number of thiazole rings is 1. The third-order valence-corrected chi connectivity index (χ3v) is 3.97. The summed E-state index contributed by atoms with van der Waals surface area (Å²) in [5, 5.41) is 5.86. The van der Waals surface area contributed by atoms with Crippen molar-refractivity contribution in [1.29, 1.82) is 0 Å². The standard InChI is InChI=1S/C13H20N2O2S/c16-12(13-15-7-9-18-13)10-17-8-3-5-11-4-1-2-6-14-11/h7,9,11,14H,1-6,8,10H2/t11-/m1/s1. The summed E-state index contributed by atoms with van der Waals surface area (Å²) < 4.78 is 5.40. The number of hydrogen-bond acceptors (Lipinski definition) is 5. The van der Waals surface area contributed by atoms with Gasteiger partial charge in [0.15, 0.2) is 5.01 Å². The van der Waals surface area contributed by atoms with Gasteiger partial charge < -0.3 is 10.1 Å². The molecule has 0 aromatic carbocycles. The fraction of sp³-hybridized carbons (Fsp3) is 0.692. The second-order valence-corrected chi connectivity index (χ2v) is 5.50. The quantitative estimate of drug-likeness (QED) is 0.609. The van der Waals surface area contributed by atoms with E-state index in [0.717, 1.165) is 19.4 Å². The van der Waals surface area contributed by atoms with Gasteiger partial charge in [-0.25, -0.2) is 4.98 Å². The molecule has 0 radical (unpaired) electrons. The lowest BCUT2D eigenvalue weighted by Gasteiger charge is -2.23. The molecular weight excluding hydrogens is 248 g/mol. The summed E-state index contributed by atoms with van der Waals surface area (Å²) in [6.07, 6.45) is 7.72. The summed E-state index contributed by atoms with van der Waals surface area (Å²) >= 11 is 1.37. The molecule has 0 amide bonds. The predicted octanol–water partition coefficient (Wildman–Crippen LogP) is 2.26. The molecule has 1 aromatic rings. The zero-order valence-corrected chi connectivity index (χ0v) is 11.4. The Labute approximate surface area is 112 Å². The van der Waals surface area contributed by atoms with E-state index in [1.165, 1.54) is 30.6 Å². The highest BCUT2D eigenvalue weighted by atomic mass is 32.1. The van der Waals surface area contributed by atoms with Crippen molar-refractivity contribution in [3.8, 4) is 0 Å². The zero-order valence-electron chi connectivity index (χ0n) is 10.6. The largest absolute Gasteiger partial charge is 0.373 e. The number of ketones is 1. The van der Waals surface area contributed by atoms with Crippen molar-refractivity contribution in [3.63, 3.8) is 0 Å². The molecule has 1 fully saturated rings. The highest BCUT2D eigenvalue weighted by Gasteiger charge is 2.12. The van der Waals surface area contributed by atoms with E-state index in [2.05, 4.69) is 10.3 Å². The normalized spacial score (nSPS) is 19.9. The number of carbonyl (C=O) groups is 1. The first kappa shape index (κ1) is 13.6. The van der Waals surface area contributed by atoms with Crippen LogP contribution in [0.3, 0.4) is 0 Å². The minimum atomic E-state index is -0.0132. The molecule has 1 aliphatic rings. The van der Waals surface area contributed by atoms with Crippen LogP contribution in [0, 0.1) is 0 Å². The number of hydrogen-bond donors (Lipinski definition) is 1. The molecule has 0 unspecified atom stereocenters. The first-order valence-corrected chi connectivity index (χ1v) is 7.48. The minimum Gasteiger partial charge on any atom is -0.373 e. The summed E-state index contributed by atoms with van der Waals surface area (Å²) in [6, 6.07) is 0.650. The molecule has 1 N–H and O–H groups in total. The van der Waals surface area contributed by atoms with Crippen molar-refractivity contribution in [3.05, 3.63) is 16.6 Å². The SMILES string of the molecule is O=C(COCCC[C@H]1CCCCN1)c1nccs1. The Balaban J connectivity index is 1.52. The van der Waals surface area contributed by atoms with Crippen molar-refractivity contribution in [2.45, 2.75) is 38.1 Å². The van der Waals surface area contributed by atoms with Gasteiger partial charge in [0.1, 0.15) is 6.61 Å². The Morgan fingerprint density at radius 3 is 3.22 bits per heavy atom. The van der Waals surface area contributed by atoms with Gasteiger partial charge in [0.05, 0.1) is 0 Å². The maximum absolute atomic E-state index is 11.6. The first-order chi connectivity index (χ1) is 8.86. The second kappa shape index (κ2) is 7.61. The summed E-state index contributed by atoms with van der Waals surface area (Å²) in [5.74, 6) is -0.0132. The van der Waals surface area contributed by atoms with Crippen LogP contribution in [0.4, 0.5) is 0 Å². The van der Waals surface area contributed by atoms with Crippen LogP contribution in [-0.2, 0) is 4.74 Å². The number of nitrogens with one attached hydrogen (secondary N) is 1. The first-order valence-electron chi connectivity index (χ1n) is 6.60. The van der Waals surface area contributed by atoms with Gasteiger partial charge in [-0.3, -0.25) is 4.79 Å². The number of carbonyl (C=O) groups excluding carboxylic acids is 1. The Morgan fingerprint density at radius 2 is 2.50 bits per heavy atom. The molecule has 1 saturated heterocycles. The summed E-state index contributed by atoms with van der Waals surface area (Å²) in [5.41, 5.74) is 0. The molecule has 0 spiro atoms. The third-order valence-electron chi connectivity index (χ3n) is 3.16. The maximum atomic E-state index is 11.6. The second-order valence-electron chi connectivity index (χ2n) is 4.60. The topological polar surface area (TPSA) is 51.2 Å². The highest BCUT2D eigenvalue weighted by molar-refractivity contribution is 7.11. The van der Waals surface area contributed by atoms with Crippen molar-refractivity contribution >= 4 is 17.1 Å². The Kier molecular flexibility index (Phi) is 5.77. The van der Waals surface area contributed by atoms with Crippen LogP contribution >= 0.6 is 11.3 Å². The molecule has 5 heteroatoms. The fourth-order valence-electron chi connectivity index (χ4n) is 2.19. The van der Waals surface area contributed by atoms with E-state index in [1.54, 1.807) is 6.20 Å². The molecule has 0 saturated carbocycles. The average Bonchev–Trinajstić information content (AvgIpc) is 2.93. The molecule has 18 heavy (non-hydrogen) atoms. The predicted molar refractivity (Wildman–Crippen MR) is 72.1 cm³/mol. The van der Waals surface area contributed by atoms with Crippen LogP contribution in [0.15, 0.2) is 11.6 Å². The Bertz CT molecular complexity index is 348. The summed E-state index contributed by atoms with van der Waals surface area (Å²) in [7, 11) is 0. The fourth-order valence-corrected chi connectivity index (χ4v) is 2.75. The van der Waals surface area contributed by atoms with Crippen molar-refractivity contribution in [1.82, 2.24) is 10.3 Å². The van der Waals surface area contributed by atoms with E-state index in [9.17, 15) is 4.79 Å². The lowest BCUT2D eigenvalue weighted by molar-refractivity contribution is 0.0748. The number of Topliss-reactive ketones (excluding diaryl/α,β-unsaturated/α-hetero) is 1. The molecule has 0 bridgehead atoms. The monoisotopic (exact) mass is 268 g/mol. The lowest BCUT2D eigenvalue weighted by atomic mass is 10.0. The lowest BCUT2D eigenvalue weighted by Crippen LogP contribution is -2.34. The van der Waals surface area contributed by atoms with Crippen molar-refractivity contribution < 1.29 is 9.53 Å². The van der Waals surface area contributed by atoms with Crippen LogP contribution in [0.2, 0.25) is 0 Å². The van der Waals surface area contributed by atoms with Gasteiger partial charge in [-0.1, -0.05) is 6.42 Å². The smallest absolute Gasteiger partial charge is 0.216 e. The van der Waals surface area contributed by atoms with Gasteiger partial charge >= 0.3 is 0 Å². The van der Waals surface area contributed by atoms with Crippen LogP contribution in [0.5, 0.6) is 0 Å². The number of nitrogens with zero attached hydrogens (tertiary/aromatic N) is 1. The van der Waals surface area contributed by atoms with Crippen LogP contribution < -0.4 is 5.32 Å². The van der Waals surface area contributed by atoms with Gasteiger partial charge in [0.25, 0.3) is 0 Å². The molecule has 2 heterocycles. The van der Waals surface area contributed by atoms with Gasteiger partial charge in [-0.2, -0.15) is 0 Å². The summed E-state index contributed by atoms with van der Waals surface area (Å²) in [4.78, 5) is 15.5.